The van der Waals surface area contributed by atoms with E-state index in [2.05, 4.69) is 5.32 Å². The minimum Gasteiger partial charge on any atom is -0.491 e. The van der Waals surface area contributed by atoms with Crippen LogP contribution >= 0.6 is 0 Å². The van der Waals surface area contributed by atoms with E-state index in [1.165, 1.54) is 0 Å². The number of nitrogens with two attached hydrogens (primary N) is 1. The summed E-state index contributed by atoms with van der Waals surface area (Å²) in [6.45, 7) is 2.57. The van der Waals surface area contributed by atoms with E-state index < -0.39 is 9.84 Å². The SMILES string of the molecule is CCOc1c(N)cccc1C(=O)NCC1CCS(=O)(=O)C1. The summed E-state index contributed by atoms with van der Waals surface area (Å²) in [5.74, 6) is 0.403. The van der Waals surface area contributed by atoms with Crippen molar-refractivity contribution in [2.24, 2.45) is 5.92 Å². The van der Waals surface area contributed by atoms with Gasteiger partial charge in [-0.05, 0) is 31.4 Å². The predicted molar refractivity (Wildman–Crippen MR) is 81.1 cm³/mol. The standard InChI is InChI=1S/C14H20N2O4S/c1-2-20-13-11(4-3-5-12(13)15)14(17)16-8-10-6-7-21(18,19)9-10/h3-5,10H,2,6-9,15H2,1H3,(H,16,17). The number of amides is 1. The second kappa shape index (κ2) is 6.34. The Hall–Kier alpha value is -1.76. The Morgan fingerprint density at radius 3 is 2.86 bits per heavy atom. The molecule has 116 valence electrons. The molecule has 2 rings (SSSR count). The summed E-state index contributed by atoms with van der Waals surface area (Å²) >= 11 is 0. The van der Waals surface area contributed by atoms with E-state index in [1.807, 2.05) is 6.92 Å². The van der Waals surface area contributed by atoms with Crippen molar-refractivity contribution < 1.29 is 17.9 Å². The normalized spacial score (nSPS) is 20.1. The summed E-state index contributed by atoms with van der Waals surface area (Å²) in [4.78, 5) is 12.2. The molecule has 1 saturated heterocycles. The van der Waals surface area contributed by atoms with Gasteiger partial charge in [-0.15, -0.1) is 0 Å². The highest BCUT2D eigenvalue weighted by Crippen LogP contribution is 2.26. The van der Waals surface area contributed by atoms with Crippen LogP contribution in [0.15, 0.2) is 18.2 Å². The van der Waals surface area contributed by atoms with Gasteiger partial charge >= 0.3 is 0 Å². The molecule has 6 nitrogen and oxygen atoms in total. The molecule has 1 aliphatic rings. The van der Waals surface area contributed by atoms with Crippen molar-refractivity contribution in [3.05, 3.63) is 23.8 Å². The number of hydrogen-bond acceptors (Lipinski definition) is 5. The zero-order valence-corrected chi connectivity index (χ0v) is 12.8. The quantitative estimate of drug-likeness (QED) is 0.785. The number of para-hydroxylation sites is 1. The molecule has 0 saturated carbocycles. The fourth-order valence-corrected chi connectivity index (χ4v) is 4.27. The van der Waals surface area contributed by atoms with Crippen molar-refractivity contribution in [2.45, 2.75) is 13.3 Å². The van der Waals surface area contributed by atoms with Crippen LogP contribution in [0, 0.1) is 5.92 Å². The number of ether oxygens (including phenoxy) is 1. The van der Waals surface area contributed by atoms with Crippen LogP contribution in [-0.4, -0.2) is 39.0 Å². The molecule has 0 aromatic heterocycles. The maximum atomic E-state index is 12.2. The van der Waals surface area contributed by atoms with Gasteiger partial charge in [-0.2, -0.15) is 0 Å². The van der Waals surface area contributed by atoms with Crippen molar-refractivity contribution in [3.63, 3.8) is 0 Å². The molecule has 0 bridgehead atoms. The molecule has 1 aromatic rings. The second-order valence-corrected chi connectivity index (χ2v) is 7.36. The van der Waals surface area contributed by atoms with Gasteiger partial charge in [0, 0.05) is 6.54 Å². The molecule has 1 aromatic carbocycles. The highest BCUT2D eigenvalue weighted by atomic mass is 32.2. The van der Waals surface area contributed by atoms with Gasteiger partial charge in [0.05, 0.1) is 29.4 Å². The van der Waals surface area contributed by atoms with Crippen molar-refractivity contribution in [1.29, 1.82) is 0 Å². The molecule has 1 atom stereocenters. The maximum absolute atomic E-state index is 12.2. The predicted octanol–water partition coefficient (Wildman–Crippen LogP) is 0.832. The number of carbonyl (C=O) groups excluding carboxylic acids is 1. The van der Waals surface area contributed by atoms with Crippen LogP contribution < -0.4 is 15.8 Å². The Labute approximate surface area is 124 Å². The Balaban J connectivity index is 2.02. The van der Waals surface area contributed by atoms with E-state index in [9.17, 15) is 13.2 Å². The van der Waals surface area contributed by atoms with Gasteiger partial charge in [0.2, 0.25) is 0 Å². The number of sulfone groups is 1. The number of anilines is 1. The van der Waals surface area contributed by atoms with Crippen molar-refractivity contribution >= 4 is 21.4 Å². The second-order valence-electron chi connectivity index (χ2n) is 5.14. The summed E-state index contributed by atoms with van der Waals surface area (Å²) in [5.41, 5.74) is 6.60. The lowest BCUT2D eigenvalue weighted by Gasteiger charge is -2.14. The summed E-state index contributed by atoms with van der Waals surface area (Å²) in [6, 6.07) is 5.00. The van der Waals surface area contributed by atoms with Gasteiger partial charge in [-0.1, -0.05) is 6.07 Å². The van der Waals surface area contributed by atoms with E-state index >= 15 is 0 Å². The van der Waals surface area contributed by atoms with Crippen LogP contribution in [0.5, 0.6) is 5.75 Å². The molecule has 1 amide bonds. The highest BCUT2D eigenvalue weighted by molar-refractivity contribution is 7.91. The molecule has 7 heteroatoms. The molecule has 0 radical (unpaired) electrons. The molecule has 1 unspecified atom stereocenters. The maximum Gasteiger partial charge on any atom is 0.255 e. The average Bonchev–Trinajstić information content (AvgIpc) is 2.78. The van der Waals surface area contributed by atoms with Gasteiger partial charge in [0.25, 0.3) is 5.91 Å². The Morgan fingerprint density at radius 1 is 1.48 bits per heavy atom. The van der Waals surface area contributed by atoms with E-state index in [4.69, 9.17) is 10.5 Å². The Morgan fingerprint density at radius 2 is 2.24 bits per heavy atom. The topological polar surface area (TPSA) is 98.5 Å². The molecular formula is C14H20N2O4S. The first-order valence-electron chi connectivity index (χ1n) is 6.93. The number of rotatable bonds is 5. The molecule has 3 N–H and O–H groups in total. The molecular weight excluding hydrogens is 292 g/mol. The number of nitrogen functional groups attached to an aromatic ring is 1. The highest BCUT2D eigenvalue weighted by Gasteiger charge is 2.28. The summed E-state index contributed by atoms with van der Waals surface area (Å²) in [7, 11) is -2.93. The minimum absolute atomic E-state index is 0.0180. The molecule has 1 fully saturated rings. The number of nitrogens with one attached hydrogen (secondary N) is 1. The van der Waals surface area contributed by atoms with Gasteiger partial charge < -0.3 is 15.8 Å². The first-order valence-corrected chi connectivity index (χ1v) is 8.75. The first-order chi connectivity index (χ1) is 9.93. The van der Waals surface area contributed by atoms with Crippen LogP contribution in [0.25, 0.3) is 0 Å². The molecule has 1 heterocycles. The zero-order chi connectivity index (χ0) is 15.5. The lowest BCUT2D eigenvalue weighted by Crippen LogP contribution is -2.30. The smallest absolute Gasteiger partial charge is 0.255 e. The van der Waals surface area contributed by atoms with Gasteiger partial charge in [0.15, 0.2) is 15.6 Å². The fraction of sp³-hybridized carbons (Fsp3) is 0.500. The fourth-order valence-electron chi connectivity index (χ4n) is 2.40. The number of carbonyl (C=O) groups is 1. The third-order valence-corrected chi connectivity index (χ3v) is 5.29. The number of hydrogen-bond donors (Lipinski definition) is 2. The van der Waals surface area contributed by atoms with E-state index in [0.717, 1.165) is 0 Å². The zero-order valence-electron chi connectivity index (χ0n) is 12.0. The Kier molecular flexibility index (Phi) is 4.72. The van der Waals surface area contributed by atoms with E-state index in [1.54, 1.807) is 18.2 Å². The van der Waals surface area contributed by atoms with E-state index in [-0.39, 0.29) is 23.3 Å². The minimum atomic E-state index is -2.93. The third kappa shape index (κ3) is 3.87. The number of benzene rings is 1. The van der Waals surface area contributed by atoms with Gasteiger partial charge in [-0.25, -0.2) is 8.42 Å². The Bertz CT molecular complexity index is 628. The van der Waals surface area contributed by atoms with Crippen LogP contribution in [0.3, 0.4) is 0 Å². The van der Waals surface area contributed by atoms with Crippen LogP contribution in [0.1, 0.15) is 23.7 Å². The average molecular weight is 312 g/mol. The first kappa shape index (κ1) is 15.6. The third-order valence-electron chi connectivity index (χ3n) is 3.46. The van der Waals surface area contributed by atoms with Gasteiger partial charge in [-0.3, -0.25) is 4.79 Å². The summed E-state index contributed by atoms with van der Waals surface area (Å²) < 4.78 is 28.2. The largest absolute Gasteiger partial charge is 0.491 e. The molecule has 0 spiro atoms. The van der Waals surface area contributed by atoms with Crippen LogP contribution in [0.4, 0.5) is 5.69 Å². The molecule has 1 aliphatic heterocycles. The summed E-state index contributed by atoms with van der Waals surface area (Å²) in [6.07, 6.45) is 0.595. The van der Waals surface area contributed by atoms with Crippen LogP contribution in [-0.2, 0) is 9.84 Å². The summed E-state index contributed by atoms with van der Waals surface area (Å²) in [5, 5.41) is 2.77. The lowest BCUT2D eigenvalue weighted by atomic mass is 10.1. The van der Waals surface area contributed by atoms with Crippen molar-refractivity contribution in [3.8, 4) is 5.75 Å². The molecule has 21 heavy (non-hydrogen) atoms. The van der Waals surface area contributed by atoms with E-state index in [0.29, 0.717) is 36.6 Å². The molecule has 0 aliphatic carbocycles. The van der Waals surface area contributed by atoms with Gasteiger partial charge in [0.1, 0.15) is 0 Å². The van der Waals surface area contributed by atoms with Crippen LogP contribution in [0.2, 0.25) is 0 Å². The van der Waals surface area contributed by atoms with Crippen molar-refractivity contribution in [2.75, 3.05) is 30.4 Å². The monoisotopic (exact) mass is 312 g/mol. The lowest BCUT2D eigenvalue weighted by molar-refractivity contribution is 0.0944. The van der Waals surface area contributed by atoms with Crippen molar-refractivity contribution in [1.82, 2.24) is 5.32 Å².